The number of carbonyl (C=O) groups is 2. The van der Waals surface area contributed by atoms with E-state index in [1.807, 2.05) is 40.7 Å². The molecule has 0 N–H and O–H groups in total. The zero-order chi connectivity index (χ0) is 20.5. The van der Waals surface area contributed by atoms with Crippen LogP contribution in [0.4, 0.5) is 0 Å². The number of halogens is 1. The Morgan fingerprint density at radius 2 is 2.00 bits per heavy atom. The largest absolute Gasteiger partial charge is 0.448 e. The van der Waals surface area contributed by atoms with Gasteiger partial charge in [0.2, 0.25) is 11.6 Å². The summed E-state index contributed by atoms with van der Waals surface area (Å²) in [4.78, 5) is 28.9. The van der Waals surface area contributed by atoms with Crippen LogP contribution in [0.2, 0.25) is 0 Å². The van der Waals surface area contributed by atoms with Crippen molar-refractivity contribution in [1.82, 2.24) is 14.4 Å². The number of rotatable bonds is 4. The van der Waals surface area contributed by atoms with Crippen LogP contribution in [0.25, 0.3) is 11.1 Å². The summed E-state index contributed by atoms with van der Waals surface area (Å²) < 4.78 is 7.63. The normalized spacial score (nSPS) is 17.1. The molecule has 1 atom stereocenters. The van der Waals surface area contributed by atoms with Crippen LogP contribution in [-0.2, 0) is 11.3 Å². The van der Waals surface area contributed by atoms with Crippen molar-refractivity contribution in [2.45, 2.75) is 26.4 Å². The average molecular weight is 414 g/mol. The van der Waals surface area contributed by atoms with Crippen LogP contribution < -0.4 is 0 Å². The van der Waals surface area contributed by atoms with E-state index in [4.69, 9.17) is 16.0 Å². The molecule has 0 radical (unpaired) electrons. The molecule has 1 fully saturated rings. The summed E-state index contributed by atoms with van der Waals surface area (Å²) in [6.07, 6.45) is 1.64. The average Bonchev–Trinajstić information content (AvgIpc) is 3.31. The van der Waals surface area contributed by atoms with Crippen LogP contribution in [0.3, 0.4) is 0 Å². The lowest BCUT2D eigenvalue weighted by molar-refractivity contribution is -0.132. The number of aromatic nitrogens is 1. The number of piperazine rings is 1. The van der Waals surface area contributed by atoms with Crippen molar-refractivity contribution < 1.29 is 14.0 Å². The van der Waals surface area contributed by atoms with E-state index in [0.717, 1.165) is 10.9 Å². The monoisotopic (exact) mass is 413 g/mol. The summed E-state index contributed by atoms with van der Waals surface area (Å²) in [5.41, 5.74) is 3.61. The fourth-order valence-corrected chi connectivity index (χ4v) is 4.17. The van der Waals surface area contributed by atoms with Gasteiger partial charge in [0, 0.05) is 31.1 Å². The van der Waals surface area contributed by atoms with E-state index in [2.05, 4.69) is 19.1 Å². The van der Waals surface area contributed by atoms with Gasteiger partial charge in [-0.1, -0.05) is 24.3 Å². The summed E-state index contributed by atoms with van der Waals surface area (Å²) in [5, 5.41) is 0.908. The summed E-state index contributed by atoms with van der Waals surface area (Å²) in [6, 6.07) is 11.8. The standard InChI is InChI=1S/C22H24ClN3O3/c1-15-5-3-4-6-18(15)14-26-19(11-17-7-10-29-22(17)26)21(28)24-8-9-25(16(2)13-24)20(27)12-23/h3-7,10-11,16H,8-9,12-14H2,1-2H3/t16-/m1/s1. The highest BCUT2D eigenvalue weighted by Gasteiger charge is 2.31. The Balaban J connectivity index is 1.62. The summed E-state index contributed by atoms with van der Waals surface area (Å²) >= 11 is 5.70. The molecule has 3 heterocycles. The predicted octanol–water partition coefficient (Wildman–Crippen LogP) is 3.50. The van der Waals surface area contributed by atoms with Gasteiger partial charge in [-0.2, -0.15) is 0 Å². The SMILES string of the molecule is Cc1ccccc1Cn1c(C(=O)N2CCN(C(=O)CCl)[C@H](C)C2)cc2ccoc21. The van der Waals surface area contributed by atoms with Gasteiger partial charge in [0.1, 0.15) is 11.6 Å². The zero-order valence-corrected chi connectivity index (χ0v) is 17.4. The van der Waals surface area contributed by atoms with Crippen molar-refractivity contribution in [2.75, 3.05) is 25.5 Å². The first-order valence-corrected chi connectivity index (χ1v) is 10.3. The summed E-state index contributed by atoms with van der Waals surface area (Å²) in [6.45, 7) is 6.04. The highest BCUT2D eigenvalue weighted by Crippen LogP contribution is 2.25. The molecular formula is C22H24ClN3O3. The van der Waals surface area contributed by atoms with Gasteiger partial charge in [-0.3, -0.25) is 9.59 Å². The van der Waals surface area contributed by atoms with Crippen LogP contribution in [0.1, 0.15) is 28.5 Å². The maximum absolute atomic E-state index is 13.4. The summed E-state index contributed by atoms with van der Waals surface area (Å²) in [7, 11) is 0. The second-order valence-corrected chi connectivity index (χ2v) is 7.81. The molecule has 0 unspecified atom stereocenters. The minimum Gasteiger partial charge on any atom is -0.448 e. The van der Waals surface area contributed by atoms with Crippen LogP contribution in [-0.4, -0.2) is 57.7 Å². The molecule has 0 bridgehead atoms. The highest BCUT2D eigenvalue weighted by molar-refractivity contribution is 6.27. The number of nitrogens with zero attached hydrogens (tertiary/aromatic N) is 3. The number of alkyl halides is 1. The van der Waals surface area contributed by atoms with Crippen molar-refractivity contribution in [3.63, 3.8) is 0 Å². The number of aryl methyl sites for hydroxylation is 1. The molecular weight excluding hydrogens is 390 g/mol. The van der Waals surface area contributed by atoms with Gasteiger partial charge in [-0.05, 0) is 37.1 Å². The van der Waals surface area contributed by atoms with E-state index >= 15 is 0 Å². The quantitative estimate of drug-likeness (QED) is 0.615. The van der Waals surface area contributed by atoms with E-state index in [1.54, 1.807) is 11.2 Å². The summed E-state index contributed by atoms with van der Waals surface area (Å²) in [5.74, 6) is -0.171. The Kier molecular flexibility index (Phi) is 5.37. The van der Waals surface area contributed by atoms with Crippen LogP contribution in [0.5, 0.6) is 0 Å². The van der Waals surface area contributed by atoms with Crippen LogP contribution in [0, 0.1) is 6.92 Å². The molecule has 4 rings (SSSR count). The minimum atomic E-state index is -0.0910. The fourth-order valence-electron chi connectivity index (χ4n) is 4.02. The topological polar surface area (TPSA) is 58.7 Å². The molecule has 2 aromatic heterocycles. The van der Waals surface area contributed by atoms with Gasteiger partial charge < -0.3 is 18.8 Å². The first-order chi connectivity index (χ1) is 14.0. The second-order valence-electron chi connectivity index (χ2n) is 7.54. The van der Waals surface area contributed by atoms with Gasteiger partial charge in [0.25, 0.3) is 5.91 Å². The Labute approximate surface area is 174 Å². The number of carbonyl (C=O) groups excluding carboxylic acids is 2. The molecule has 2 amide bonds. The third-order valence-corrected chi connectivity index (χ3v) is 5.89. The number of hydrogen-bond acceptors (Lipinski definition) is 3. The Morgan fingerprint density at radius 1 is 1.21 bits per heavy atom. The third kappa shape index (κ3) is 3.65. The molecule has 1 aromatic carbocycles. The molecule has 29 heavy (non-hydrogen) atoms. The number of amides is 2. The molecule has 1 aliphatic heterocycles. The molecule has 1 aliphatic rings. The van der Waals surface area contributed by atoms with Gasteiger partial charge in [-0.25, -0.2) is 0 Å². The molecule has 0 spiro atoms. The van der Waals surface area contributed by atoms with E-state index in [9.17, 15) is 9.59 Å². The van der Waals surface area contributed by atoms with E-state index in [0.29, 0.717) is 37.6 Å². The molecule has 152 valence electrons. The van der Waals surface area contributed by atoms with Crippen LogP contribution in [0.15, 0.2) is 47.1 Å². The fraction of sp³-hybridized carbons (Fsp3) is 0.364. The van der Waals surface area contributed by atoms with Crippen molar-refractivity contribution in [3.05, 3.63) is 59.5 Å². The van der Waals surface area contributed by atoms with E-state index < -0.39 is 0 Å². The maximum atomic E-state index is 13.4. The number of hydrogen-bond donors (Lipinski definition) is 0. The Morgan fingerprint density at radius 3 is 2.72 bits per heavy atom. The molecule has 6 nitrogen and oxygen atoms in total. The molecule has 0 saturated carbocycles. The first-order valence-electron chi connectivity index (χ1n) is 9.75. The van der Waals surface area contributed by atoms with Crippen molar-refractivity contribution in [2.24, 2.45) is 0 Å². The lowest BCUT2D eigenvalue weighted by atomic mass is 10.1. The number of benzene rings is 1. The number of fused-ring (bicyclic) bond motifs is 1. The maximum Gasteiger partial charge on any atom is 0.270 e. The molecule has 7 heteroatoms. The zero-order valence-electron chi connectivity index (χ0n) is 16.6. The van der Waals surface area contributed by atoms with Crippen LogP contribution >= 0.6 is 11.6 Å². The van der Waals surface area contributed by atoms with E-state index in [1.165, 1.54) is 5.56 Å². The van der Waals surface area contributed by atoms with Gasteiger partial charge >= 0.3 is 0 Å². The smallest absolute Gasteiger partial charge is 0.270 e. The predicted molar refractivity (Wildman–Crippen MR) is 112 cm³/mol. The van der Waals surface area contributed by atoms with Gasteiger partial charge in [0.05, 0.1) is 12.8 Å². The Hall–Kier alpha value is -2.73. The van der Waals surface area contributed by atoms with E-state index in [-0.39, 0.29) is 23.7 Å². The van der Waals surface area contributed by atoms with Gasteiger partial charge in [0.15, 0.2) is 0 Å². The minimum absolute atomic E-state index is 0.0338. The lowest BCUT2D eigenvalue weighted by Gasteiger charge is -2.39. The van der Waals surface area contributed by atoms with Crippen molar-refractivity contribution in [1.29, 1.82) is 0 Å². The molecule has 3 aromatic rings. The molecule has 1 saturated heterocycles. The third-order valence-electron chi connectivity index (χ3n) is 5.66. The van der Waals surface area contributed by atoms with Gasteiger partial charge in [-0.15, -0.1) is 11.6 Å². The second kappa shape index (κ2) is 7.95. The highest BCUT2D eigenvalue weighted by atomic mass is 35.5. The Bertz CT molecular complexity index is 1050. The number of furan rings is 1. The van der Waals surface area contributed by atoms with Crippen molar-refractivity contribution in [3.8, 4) is 0 Å². The lowest BCUT2D eigenvalue weighted by Crippen LogP contribution is -2.56. The molecule has 0 aliphatic carbocycles. The first kappa shape index (κ1) is 19.6. The van der Waals surface area contributed by atoms with Crippen molar-refractivity contribution >= 4 is 34.5 Å².